The zero-order chi connectivity index (χ0) is 18.2. The molecule has 0 N–H and O–H groups in total. The molecule has 0 saturated carbocycles. The van der Waals surface area contributed by atoms with E-state index in [1.54, 1.807) is 37.3 Å². The van der Waals surface area contributed by atoms with Crippen molar-refractivity contribution in [2.24, 2.45) is 5.10 Å². The van der Waals surface area contributed by atoms with Gasteiger partial charge in [-0.05, 0) is 55.0 Å². The molecule has 6 nitrogen and oxygen atoms in total. The van der Waals surface area contributed by atoms with E-state index in [2.05, 4.69) is 5.10 Å². The van der Waals surface area contributed by atoms with Crippen molar-refractivity contribution in [1.82, 2.24) is 0 Å². The summed E-state index contributed by atoms with van der Waals surface area (Å²) in [6.07, 6.45) is 1.70. The van der Waals surface area contributed by atoms with Crippen molar-refractivity contribution in [1.29, 1.82) is 0 Å². The van der Waals surface area contributed by atoms with Gasteiger partial charge in [0.2, 0.25) is 0 Å². The molecular formula is C17H12ClN2O4S-. The van der Waals surface area contributed by atoms with Gasteiger partial charge in [-0.1, -0.05) is 23.7 Å². The molecule has 128 valence electrons. The highest BCUT2D eigenvalue weighted by molar-refractivity contribution is 7.85. The molecule has 0 saturated heterocycles. The lowest BCUT2D eigenvalue weighted by Gasteiger charge is -2.13. The minimum Gasteiger partial charge on any atom is -0.744 e. The maximum atomic E-state index is 12.6. The van der Waals surface area contributed by atoms with Crippen LogP contribution in [0.15, 0.2) is 64.1 Å². The smallest absolute Gasteiger partial charge is 0.280 e. The van der Waals surface area contributed by atoms with E-state index in [-0.39, 0.29) is 10.8 Å². The van der Waals surface area contributed by atoms with E-state index in [0.717, 1.165) is 22.7 Å². The van der Waals surface area contributed by atoms with Crippen molar-refractivity contribution in [3.05, 3.63) is 64.7 Å². The van der Waals surface area contributed by atoms with Crippen molar-refractivity contribution in [3.8, 4) is 0 Å². The summed E-state index contributed by atoms with van der Waals surface area (Å²) in [6, 6.07) is 12.0. The highest BCUT2D eigenvalue weighted by atomic mass is 35.5. The lowest BCUT2D eigenvalue weighted by Crippen LogP contribution is -2.21. The number of hydrazone groups is 1. The summed E-state index contributed by atoms with van der Waals surface area (Å²) in [7, 11) is -4.53. The van der Waals surface area contributed by atoms with Gasteiger partial charge in [0.1, 0.15) is 10.1 Å². The van der Waals surface area contributed by atoms with Crippen molar-refractivity contribution in [2.75, 3.05) is 5.01 Å². The summed E-state index contributed by atoms with van der Waals surface area (Å²) < 4.78 is 32.9. The van der Waals surface area contributed by atoms with E-state index in [4.69, 9.17) is 11.6 Å². The van der Waals surface area contributed by atoms with Gasteiger partial charge in [-0.3, -0.25) is 4.79 Å². The second-order valence-corrected chi connectivity index (χ2v) is 7.18. The average molecular weight is 376 g/mol. The number of carbonyl (C=O) groups is 1. The van der Waals surface area contributed by atoms with E-state index in [1.165, 1.54) is 12.1 Å². The summed E-state index contributed by atoms with van der Waals surface area (Å²) in [5.41, 5.74) is 2.12. The van der Waals surface area contributed by atoms with E-state index < -0.39 is 10.1 Å². The Morgan fingerprint density at radius 2 is 1.68 bits per heavy atom. The quantitative estimate of drug-likeness (QED) is 0.609. The van der Waals surface area contributed by atoms with Crippen LogP contribution in [-0.2, 0) is 14.9 Å². The van der Waals surface area contributed by atoms with Gasteiger partial charge in [-0.15, -0.1) is 0 Å². The zero-order valence-corrected chi connectivity index (χ0v) is 14.6. The molecule has 0 bridgehead atoms. The van der Waals surface area contributed by atoms with E-state index in [0.29, 0.717) is 22.0 Å². The van der Waals surface area contributed by atoms with Crippen LogP contribution in [0.5, 0.6) is 0 Å². The van der Waals surface area contributed by atoms with Crippen molar-refractivity contribution >= 4 is 45.1 Å². The van der Waals surface area contributed by atoms with Crippen molar-refractivity contribution < 1.29 is 17.8 Å². The van der Waals surface area contributed by atoms with Crippen LogP contribution in [0.25, 0.3) is 6.08 Å². The number of rotatable bonds is 3. The summed E-state index contributed by atoms with van der Waals surface area (Å²) in [6.45, 7) is 1.70. The maximum Gasteiger partial charge on any atom is 0.280 e. The first kappa shape index (κ1) is 17.3. The third-order valence-corrected chi connectivity index (χ3v) is 4.72. The van der Waals surface area contributed by atoms with E-state index in [1.807, 2.05) is 0 Å². The Labute approximate surface area is 149 Å². The van der Waals surface area contributed by atoms with Gasteiger partial charge in [0.05, 0.1) is 21.9 Å². The van der Waals surface area contributed by atoms with Crippen LogP contribution in [0.2, 0.25) is 5.02 Å². The Morgan fingerprint density at radius 3 is 2.24 bits per heavy atom. The van der Waals surface area contributed by atoms with Crippen molar-refractivity contribution in [3.63, 3.8) is 0 Å². The molecule has 0 radical (unpaired) electrons. The number of halogens is 1. The second kappa shape index (κ2) is 6.44. The fourth-order valence-electron chi connectivity index (χ4n) is 2.34. The molecule has 0 fully saturated rings. The molecule has 8 heteroatoms. The van der Waals surface area contributed by atoms with Crippen LogP contribution in [0.4, 0.5) is 5.69 Å². The number of amides is 1. The molecule has 3 rings (SSSR count). The van der Waals surface area contributed by atoms with Gasteiger partial charge in [0, 0.05) is 5.02 Å². The second-order valence-electron chi connectivity index (χ2n) is 5.36. The molecule has 0 spiro atoms. The fraction of sp³-hybridized carbons (Fsp3) is 0.0588. The standard InChI is InChI=1S/C17H13ClN2O4S/c1-11-16(10-12-2-4-13(18)5-3-12)17(21)20(19-11)14-6-8-15(9-7-14)25(22,23)24/h2-10H,1H3,(H,22,23,24)/p-1/b16-10-. The molecule has 1 amide bonds. The normalized spacial score (nSPS) is 16.4. The maximum absolute atomic E-state index is 12.6. The van der Waals surface area contributed by atoms with Crippen LogP contribution < -0.4 is 5.01 Å². The molecule has 0 unspecified atom stereocenters. The Morgan fingerprint density at radius 1 is 1.08 bits per heavy atom. The minimum absolute atomic E-state index is 0.342. The molecule has 1 heterocycles. The minimum atomic E-state index is -4.53. The molecule has 2 aromatic carbocycles. The van der Waals surface area contributed by atoms with Crippen LogP contribution in [0.1, 0.15) is 12.5 Å². The molecule has 0 aliphatic carbocycles. The third-order valence-electron chi connectivity index (χ3n) is 3.61. The molecule has 0 aromatic heterocycles. The Kier molecular flexibility index (Phi) is 4.47. The van der Waals surface area contributed by atoms with Gasteiger partial charge in [0.25, 0.3) is 5.91 Å². The predicted molar refractivity (Wildman–Crippen MR) is 94.4 cm³/mol. The van der Waals surface area contributed by atoms with Crippen LogP contribution >= 0.6 is 11.6 Å². The summed E-state index contributed by atoms with van der Waals surface area (Å²) in [4.78, 5) is 12.2. The number of anilines is 1. The van der Waals surface area contributed by atoms with E-state index in [9.17, 15) is 17.8 Å². The highest BCUT2D eigenvalue weighted by Crippen LogP contribution is 2.26. The lowest BCUT2D eigenvalue weighted by atomic mass is 10.1. The van der Waals surface area contributed by atoms with Gasteiger partial charge >= 0.3 is 0 Å². The molecular weight excluding hydrogens is 364 g/mol. The van der Waals surface area contributed by atoms with Crippen molar-refractivity contribution in [2.45, 2.75) is 11.8 Å². The van der Waals surface area contributed by atoms with Crippen LogP contribution in [-0.4, -0.2) is 24.6 Å². The summed E-state index contributed by atoms with van der Waals surface area (Å²) >= 11 is 5.85. The lowest BCUT2D eigenvalue weighted by molar-refractivity contribution is -0.114. The molecule has 2 aromatic rings. The van der Waals surface area contributed by atoms with Gasteiger partial charge < -0.3 is 4.55 Å². The largest absolute Gasteiger partial charge is 0.744 e. The molecule has 1 aliphatic heterocycles. The first-order chi connectivity index (χ1) is 11.8. The fourth-order valence-corrected chi connectivity index (χ4v) is 2.93. The average Bonchev–Trinajstić information content (AvgIpc) is 2.84. The van der Waals surface area contributed by atoms with Gasteiger partial charge in [0.15, 0.2) is 0 Å². The van der Waals surface area contributed by atoms with Crippen LogP contribution in [0.3, 0.4) is 0 Å². The number of hydrogen-bond donors (Lipinski definition) is 0. The van der Waals surface area contributed by atoms with Gasteiger partial charge in [-0.2, -0.15) is 10.1 Å². The number of nitrogens with zero attached hydrogens (tertiary/aromatic N) is 2. The SMILES string of the molecule is CC1=NN(c2ccc(S(=O)(=O)[O-])cc2)C(=O)/C1=C\c1ccc(Cl)cc1. The highest BCUT2D eigenvalue weighted by Gasteiger charge is 2.28. The Hall–Kier alpha value is -2.48. The third kappa shape index (κ3) is 3.63. The van der Waals surface area contributed by atoms with Crippen LogP contribution in [0, 0.1) is 0 Å². The first-order valence-electron chi connectivity index (χ1n) is 7.19. The monoisotopic (exact) mass is 375 g/mol. The summed E-state index contributed by atoms with van der Waals surface area (Å²) in [5.74, 6) is -0.342. The topological polar surface area (TPSA) is 89.9 Å². The van der Waals surface area contributed by atoms with E-state index >= 15 is 0 Å². The first-order valence-corrected chi connectivity index (χ1v) is 8.97. The van der Waals surface area contributed by atoms with Gasteiger partial charge in [-0.25, -0.2) is 8.42 Å². The molecule has 0 atom stereocenters. The number of carbonyl (C=O) groups excluding carboxylic acids is 1. The number of hydrogen-bond acceptors (Lipinski definition) is 5. The Balaban J connectivity index is 1.91. The summed E-state index contributed by atoms with van der Waals surface area (Å²) in [5, 5.41) is 5.97. The Bertz CT molecular complexity index is 994. The predicted octanol–water partition coefficient (Wildman–Crippen LogP) is 3.05. The molecule has 1 aliphatic rings. The number of benzene rings is 2. The molecule has 25 heavy (non-hydrogen) atoms. The zero-order valence-electron chi connectivity index (χ0n) is 13.0.